The molecule has 0 aliphatic carbocycles. The van der Waals surface area contributed by atoms with Crippen molar-refractivity contribution in [2.45, 2.75) is 173 Å². The van der Waals surface area contributed by atoms with Crippen molar-refractivity contribution < 1.29 is 0 Å². The van der Waals surface area contributed by atoms with E-state index in [1.807, 2.05) is 0 Å². The first-order chi connectivity index (χ1) is 24.9. The summed E-state index contributed by atoms with van der Waals surface area (Å²) in [5.74, 6) is 2.36. The molecule has 0 heterocycles. The Labute approximate surface area is 331 Å². The van der Waals surface area contributed by atoms with E-state index in [1.54, 1.807) is 0 Å². The molecular formula is C43H96N10. The van der Waals surface area contributed by atoms with Crippen molar-refractivity contribution in [2.75, 3.05) is 53.1 Å². The van der Waals surface area contributed by atoms with Crippen LogP contribution in [0.25, 0.3) is 0 Å². The molecule has 0 saturated carbocycles. The first kappa shape index (κ1) is 56.2. The van der Waals surface area contributed by atoms with Crippen molar-refractivity contribution >= 4 is 0 Å². The first-order valence-corrected chi connectivity index (χ1v) is 21.2. The van der Waals surface area contributed by atoms with Crippen LogP contribution in [0, 0.1) is 17.8 Å². The second-order valence-electron chi connectivity index (χ2n) is 17.0. The van der Waals surface area contributed by atoms with Crippen LogP contribution in [0.4, 0.5) is 0 Å². The third-order valence-electron chi connectivity index (χ3n) is 7.84. The molecule has 10 nitrogen and oxygen atoms in total. The smallest absolute Gasteiger partial charge is 0.0474 e. The van der Waals surface area contributed by atoms with Gasteiger partial charge in [0, 0.05) is 76.8 Å². The average molecular weight is 753 g/mol. The van der Waals surface area contributed by atoms with Gasteiger partial charge in [-0.1, -0.05) is 79.7 Å². The summed E-state index contributed by atoms with van der Waals surface area (Å²) in [5.41, 5.74) is 8.51. The van der Waals surface area contributed by atoms with Crippen molar-refractivity contribution in [3.05, 3.63) is 35.4 Å². The largest absolute Gasteiger partial charge is 0.318 e. The van der Waals surface area contributed by atoms with Gasteiger partial charge < -0.3 is 32.3 Å². The number of nitrogens with two attached hydrogens (primary N) is 1. The van der Waals surface area contributed by atoms with Crippen molar-refractivity contribution in [2.24, 2.45) is 23.5 Å². The summed E-state index contributed by atoms with van der Waals surface area (Å²) in [6.07, 6.45) is 5.00. The van der Waals surface area contributed by atoms with Crippen LogP contribution < -0.4 is 48.3 Å². The number of rotatable bonds is 27. The van der Waals surface area contributed by atoms with Gasteiger partial charge in [0.1, 0.15) is 0 Å². The fourth-order valence-electron chi connectivity index (χ4n) is 4.16. The summed E-state index contributed by atoms with van der Waals surface area (Å²) < 4.78 is 0. The number of hydrogen-bond donors (Lipinski definition) is 9. The molecule has 0 fully saturated rings. The van der Waals surface area contributed by atoms with Gasteiger partial charge >= 0.3 is 0 Å². The van der Waals surface area contributed by atoms with E-state index in [1.165, 1.54) is 36.8 Å². The molecule has 0 radical (unpaired) electrons. The first-order valence-electron chi connectivity index (χ1n) is 21.2. The van der Waals surface area contributed by atoms with Crippen LogP contribution in [-0.4, -0.2) is 88.2 Å². The molecule has 10 heteroatoms. The molecular weight excluding hydrogens is 657 g/mol. The van der Waals surface area contributed by atoms with Crippen LogP contribution in [0.5, 0.6) is 0 Å². The summed E-state index contributed by atoms with van der Waals surface area (Å²) in [6, 6.07) is 11.8. The van der Waals surface area contributed by atoms with Gasteiger partial charge in [-0.3, -0.25) is 20.9 Å². The van der Waals surface area contributed by atoms with Crippen molar-refractivity contribution in [1.29, 1.82) is 0 Å². The molecule has 0 amide bonds. The zero-order valence-corrected chi connectivity index (χ0v) is 38.1. The van der Waals surface area contributed by atoms with Crippen LogP contribution in [0.1, 0.15) is 141 Å². The number of nitrogens with one attached hydrogen (secondary N) is 8. The average Bonchev–Trinajstić information content (AvgIpc) is 3.06. The lowest BCUT2D eigenvalue weighted by Gasteiger charge is -2.21. The van der Waals surface area contributed by atoms with Crippen LogP contribution in [0.15, 0.2) is 24.3 Å². The van der Waals surface area contributed by atoms with Gasteiger partial charge in [-0.2, -0.15) is 0 Å². The van der Waals surface area contributed by atoms with Gasteiger partial charge in [0.05, 0.1) is 0 Å². The van der Waals surface area contributed by atoms with E-state index < -0.39 is 0 Å². The molecule has 0 bridgehead atoms. The van der Waals surface area contributed by atoms with Gasteiger partial charge in [-0.25, -0.2) is 0 Å². The Kier molecular flexibility index (Phi) is 41.4. The van der Waals surface area contributed by atoms with E-state index in [0.29, 0.717) is 36.9 Å². The quantitative estimate of drug-likeness (QED) is 0.0359. The molecule has 0 atom stereocenters. The van der Waals surface area contributed by atoms with E-state index in [0.717, 1.165) is 70.7 Å². The Hall–Kier alpha value is -1.18. The molecule has 0 spiro atoms. The summed E-state index contributed by atoms with van der Waals surface area (Å²) in [7, 11) is 0. The highest BCUT2D eigenvalue weighted by atomic mass is 15.2. The highest BCUT2D eigenvalue weighted by Gasteiger charge is 2.05. The lowest BCUT2D eigenvalue weighted by atomic mass is 10.0. The Bertz CT molecular complexity index is 777. The van der Waals surface area contributed by atoms with E-state index in [-0.39, 0.29) is 0 Å². The summed E-state index contributed by atoms with van der Waals surface area (Å²) >= 11 is 0. The zero-order chi connectivity index (χ0) is 41.0. The number of nitrogens with zero attached hydrogens (tertiary/aromatic N) is 1. The number of aryl methyl sites for hydroxylation is 1. The highest BCUT2D eigenvalue weighted by Crippen LogP contribution is 2.10. The Morgan fingerprint density at radius 2 is 0.755 bits per heavy atom. The fraction of sp³-hybridized carbons (Fsp3) is 0.860. The molecule has 0 unspecified atom stereocenters. The minimum atomic E-state index is 0.543. The van der Waals surface area contributed by atoms with E-state index in [9.17, 15) is 0 Å². The zero-order valence-electron chi connectivity index (χ0n) is 38.1. The molecule has 0 aliphatic rings. The fourth-order valence-corrected chi connectivity index (χ4v) is 4.16. The number of hydrogen-bond acceptors (Lipinski definition) is 10. The molecule has 318 valence electrons. The maximum absolute atomic E-state index is 5.67. The third-order valence-corrected chi connectivity index (χ3v) is 7.84. The molecule has 1 rings (SSSR count). The molecule has 0 aliphatic heterocycles. The van der Waals surface area contributed by atoms with E-state index in [2.05, 4.69) is 182 Å². The molecule has 53 heavy (non-hydrogen) atoms. The normalized spacial score (nSPS) is 11.6. The second-order valence-corrected chi connectivity index (χ2v) is 17.0. The third kappa shape index (κ3) is 50.8. The minimum Gasteiger partial charge on any atom is -0.318 e. The van der Waals surface area contributed by atoms with Crippen molar-refractivity contribution in [3.8, 4) is 0 Å². The molecule has 10 N–H and O–H groups in total. The Morgan fingerprint density at radius 1 is 0.434 bits per heavy atom. The maximum Gasteiger partial charge on any atom is 0.0474 e. The van der Waals surface area contributed by atoms with Gasteiger partial charge in [0.25, 0.3) is 0 Å². The van der Waals surface area contributed by atoms with Crippen LogP contribution in [0.3, 0.4) is 0 Å². The summed E-state index contributed by atoms with van der Waals surface area (Å²) in [5, 5.41) is 26.2. The lowest BCUT2D eigenvalue weighted by Crippen LogP contribution is -2.42. The Morgan fingerprint density at radius 3 is 1.06 bits per heavy atom. The van der Waals surface area contributed by atoms with Gasteiger partial charge in [-0.15, -0.1) is 0 Å². The maximum atomic E-state index is 5.67. The Balaban J connectivity index is -0.000000635. The van der Waals surface area contributed by atoms with Crippen LogP contribution in [0.2, 0.25) is 0 Å². The molecule has 1 aromatic carbocycles. The summed E-state index contributed by atoms with van der Waals surface area (Å²) in [6.45, 7) is 43.3. The van der Waals surface area contributed by atoms with Gasteiger partial charge in [0.15, 0.2) is 0 Å². The highest BCUT2D eigenvalue weighted by molar-refractivity contribution is 5.22. The minimum absolute atomic E-state index is 0.543. The summed E-state index contributed by atoms with van der Waals surface area (Å²) in [4.78, 5) is 2.35. The topological polar surface area (TPSA) is 126 Å². The van der Waals surface area contributed by atoms with Crippen molar-refractivity contribution in [3.63, 3.8) is 0 Å². The second kappa shape index (κ2) is 39.1. The SMILES string of the molecule is CC(C)CCN(CN)CCC(C)C.CC(C)CCc1ccc(CNC(C)C)cc1.CC(C)NCNCNC(C)C.CC(C)NCNCNCNC(C)C. The monoisotopic (exact) mass is 753 g/mol. The number of benzene rings is 1. The van der Waals surface area contributed by atoms with Gasteiger partial charge in [0.2, 0.25) is 0 Å². The van der Waals surface area contributed by atoms with Crippen LogP contribution in [-0.2, 0) is 13.0 Å². The molecule has 1 aromatic rings. The molecule has 0 saturated heterocycles. The van der Waals surface area contributed by atoms with Crippen LogP contribution >= 0.6 is 0 Å². The molecule has 0 aromatic heterocycles. The van der Waals surface area contributed by atoms with E-state index in [4.69, 9.17) is 5.73 Å². The van der Waals surface area contributed by atoms with Crippen molar-refractivity contribution in [1.82, 2.24) is 47.4 Å². The lowest BCUT2D eigenvalue weighted by molar-refractivity contribution is 0.250. The van der Waals surface area contributed by atoms with Gasteiger partial charge in [-0.05, 0) is 123 Å². The van der Waals surface area contributed by atoms with E-state index >= 15 is 0 Å². The predicted molar refractivity (Wildman–Crippen MR) is 238 cm³/mol. The standard InChI is InChI=1S/C15H25N.C11H26N2.C9H24N4.C8H21N3/c1-12(2)5-6-14-7-9-15(10-8-14)11-16-13(3)4;1-10(2)5-7-13(9-12)8-6-11(3)4;1-8(2)12-6-10-5-11-7-13-9(3)4;1-7(2)10-5-9-6-11-8(3)4/h7-10,12-13,16H,5-6,11H2,1-4H3;10-11H,5-9,12H2,1-4H3;8-13H,5-7H2,1-4H3;7-11H,5-6H2,1-4H3. The predicted octanol–water partition coefficient (Wildman–Crippen LogP) is 6.59.